The first-order valence-electron chi connectivity index (χ1n) is 7.89. The Kier molecular flexibility index (Phi) is 4.60. The second-order valence-corrected chi connectivity index (χ2v) is 7.01. The minimum atomic E-state index is -0.355. The molecule has 0 spiro atoms. The monoisotopic (exact) mass is 314 g/mol. The molecule has 0 radical (unpaired) electrons. The molecule has 4 heteroatoms. The van der Waals surface area contributed by atoms with Crippen LogP contribution in [0, 0.1) is 0 Å². The van der Waals surface area contributed by atoms with E-state index in [1.165, 1.54) is 49.3 Å². The summed E-state index contributed by atoms with van der Waals surface area (Å²) in [7, 11) is 0. The summed E-state index contributed by atoms with van der Waals surface area (Å²) < 4.78 is 0. The van der Waals surface area contributed by atoms with Gasteiger partial charge in [-0.2, -0.15) is 0 Å². The third-order valence-electron chi connectivity index (χ3n) is 4.46. The van der Waals surface area contributed by atoms with Gasteiger partial charge in [-0.15, -0.1) is 11.3 Å². The van der Waals surface area contributed by atoms with Gasteiger partial charge >= 0.3 is 0 Å². The first-order valence-corrected chi connectivity index (χ1v) is 8.71. The van der Waals surface area contributed by atoms with Gasteiger partial charge in [0.05, 0.1) is 4.88 Å². The summed E-state index contributed by atoms with van der Waals surface area (Å²) in [6, 6.07) is 12.9. The lowest BCUT2D eigenvalue weighted by molar-refractivity contribution is 0.100. The van der Waals surface area contributed by atoms with Crippen molar-refractivity contribution in [3.8, 4) is 10.4 Å². The maximum atomic E-state index is 11.2. The van der Waals surface area contributed by atoms with Gasteiger partial charge in [0.25, 0.3) is 5.91 Å². The van der Waals surface area contributed by atoms with Crippen LogP contribution < -0.4 is 5.73 Å². The Balaban J connectivity index is 1.75. The third kappa shape index (κ3) is 3.23. The molecule has 1 aliphatic heterocycles. The number of hydrogen-bond donors (Lipinski definition) is 1. The molecule has 1 saturated heterocycles. The van der Waals surface area contributed by atoms with Crippen molar-refractivity contribution in [2.24, 2.45) is 5.73 Å². The zero-order valence-electron chi connectivity index (χ0n) is 12.9. The maximum absolute atomic E-state index is 11.2. The average Bonchev–Trinajstić information content (AvgIpc) is 3.05. The van der Waals surface area contributed by atoms with Gasteiger partial charge in [-0.1, -0.05) is 30.7 Å². The van der Waals surface area contributed by atoms with E-state index in [1.54, 1.807) is 6.07 Å². The van der Waals surface area contributed by atoms with Gasteiger partial charge in [0, 0.05) is 10.9 Å². The Morgan fingerprint density at radius 2 is 1.77 bits per heavy atom. The van der Waals surface area contributed by atoms with Gasteiger partial charge in [-0.25, -0.2) is 0 Å². The van der Waals surface area contributed by atoms with E-state index < -0.39 is 0 Å². The molecule has 1 atom stereocenters. The zero-order valence-corrected chi connectivity index (χ0v) is 13.7. The van der Waals surface area contributed by atoms with Gasteiger partial charge in [-0.05, 0) is 56.1 Å². The number of thiophene rings is 1. The molecule has 1 fully saturated rings. The van der Waals surface area contributed by atoms with Crippen LogP contribution >= 0.6 is 11.3 Å². The first kappa shape index (κ1) is 15.3. The van der Waals surface area contributed by atoms with Crippen LogP contribution in [0.3, 0.4) is 0 Å². The highest BCUT2D eigenvalue weighted by molar-refractivity contribution is 7.17. The molecular weight excluding hydrogens is 292 g/mol. The second kappa shape index (κ2) is 6.63. The number of nitrogens with two attached hydrogens (primary N) is 1. The van der Waals surface area contributed by atoms with E-state index in [4.69, 9.17) is 5.73 Å². The molecule has 22 heavy (non-hydrogen) atoms. The number of amides is 1. The molecule has 1 aromatic carbocycles. The summed E-state index contributed by atoms with van der Waals surface area (Å²) >= 11 is 1.45. The summed E-state index contributed by atoms with van der Waals surface area (Å²) in [5, 5.41) is 0. The lowest BCUT2D eigenvalue weighted by Gasteiger charge is -2.32. The van der Waals surface area contributed by atoms with Crippen LogP contribution in [0.15, 0.2) is 36.4 Å². The molecule has 0 unspecified atom stereocenters. The van der Waals surface area contributed by atoms with Gasteiger partial charge in [-0.3, -0.25) is 9.69 Å². The summed E-state index contributed by atoms with van der Waals surface area (Å²) in [5.74, 6) is -0.355. The molecule has 116 valence electrons. The van der Waals surface area contributed by atoms with Crippen molar-refractivity contribution < 1.29 is 4.79 Å². The van der Waals surface area contributed by atoms with E-state index in [1.807, 2.05) is 6.07 Å². The topological polar surface area (TPSA) is 46.3 Å². The van der Waals surface area contributed by atoms with Crippen molar-refractivity contribution in [3.63, 3.8) is 0 Å². The first-order chi connectivity index (χ1) is 10.6. The molecule has 3 nitrogen and oxygen atoms in total. The van der Waals surface area contributed by atoms with E-state index in [2.05, 4.69) is 36.1 Å². The smallest absolute Gasteiger partial charge is 0.258 e. The molecule has 1 amide bonds. The molecule has 0 aliphatic carbocycles. The fourth-order valence-corrected chi connectivity index (χ4v) is 3.93. The predicted molar refractivity (Wildman–Crippen MR) is 92.1 cm³/mol. The minimum absolute atomic E-state index is 0.355. The number of nitrogens with zero attached hydrogens (tertiary/aromatic N) is 1. The zero-order chi connectivity index (χ0) is 15.5. The largest absolute Gasteiger partial charge is 0.365 e. The number of carbonyl (C=O) groups is 1. The van der Waals surface area contributed by atoms with E-state index in [-0.39, 0.29) is 5.91 Å². The number of likely N-dealkylation sites (tertiary alicyclic amines) is 1. The van der Waals surface area contributed by atoms with Gasteiger partial charge < -0.3 is 5.73 Å². The summed E-state index contributed by atoms with van der Waals surface area (Å²) in [6.07, 6.45) is 3.99. The highest BCUT2D eigenvalue weighted by Crippen LogP contribution is 2.30. The standard InChI is InChI=1S/C18H22N2OS/c1-13(20-11-3-2-4-12-20)14-5-7-15(8-6-14)16-9-10-17(22-16)18(19)21/h5-10,13H,2-4,11-12H2,1H3,(H2,19,21)/t13-/m1/s1. The number of benzene rings is 1. The summed E-state index contributed by atoms with van der Waals surface area (Å²) in [6.45, 7) is 4.70. The Labute approximate surface area is 135 Å². The number of primary amides is 1. The van der Waals surface area contributed by atoms with Gasteiger partial charge in [0.1, 0.15) is 0 Å². The van der Waals surface area contributed by atoms with Gasteiger partial charge in [0.15, 0.2) is 0 Å². The fourth-order valence-electron chi connectivity index (χ4n) is 3.07. The Hall–Kier alpha value is -1.65. The van der Waals surface area contributed by atoms with E-state index in [0.29, 0.717) is 10.9 Å². The number of carbonyl (C=O) groups excluding carboxylic acids is 1. The molecule has 2 aromatic rings. The normalized spacial score (nSPS) is 17.3. The Morgan fingerprint density at radius 1 is 1.09 bits per heavy atom. The maximum Gasteiger partial charge on any atom is 0.258 e. The average molecular weight is 314 g/mol. The summed E-state index contributed by atoms with van der Waals surface area (Å²) in [5.41, 5.74) is 7.82. The van der Waals surface area contributed by atoms with Crippen LogP contribution in [0.4, 0.5) is 0 Å². The number of piperidine rings is 1. The molecule has 0 saturated carbocycles. The van der Waals surface area contributed by atoms with Crippen molar-refractivity contribution in [3.05, 3.63) is 46.8 Å². The molecule has 0 bridgehead atoms. The molecule has 3 rings (SSSR count). The van der Waals surface area contributed by atoms with E-state index >= 15 is 0 Å². The Morgan fingerprint density at radius 3 is 2.36 bits per heavy atom. The fraction of sp³-hybridized carbons (Fsp3) is 0.389. The summed E-state index contributed by atoms with van der Waals surface area (Å²) in [4.78, 5) is 15.5. The van der Waals surface area contributed by atoms with Crippen LogP contribution in [0.2, 0.25) is 0 Å². The van der Waals surface area contributed by atoms with Crippen molar-refractivity contribution in [1.82, 2.24) is 4.90 Å². The van der Waals surface area contributed by atoms with Crippen LogP contribution in [0.25, 0.3) is 10.4 Å². The van der Waals surface area contributed by atoms with Crippen molar-refractivity contribution >= 4 is 17.2 Å². The van der Waals surface area contributed by atoms with Crippen LogP contribution in [-0.2, 0) is 0 Å². The predicted octanol–water partition coefficient (Wildman–Crippen LogP) is 4.06. The highest BCUT2D eigenvalue weighted by atomic mass is 32.1. The van der Waals surface area contributed by atoms with Crippen molar-refractivity contribution in [1.29, 1.82) is 0 Å². The Bertz CT molecular complexity index is 641. The van der Waals surface area contributed by atoms with Crippen LogP contribution in [0.1, 0.15) is 47.5 Å². The molecular formula is C18H22N2OS. The quantitative estimate of drug-likeness (QED) is 0.925. The van der Waals surface area contributed by atoms with Crippen LogP contribution in [0.5, 0.6) is 0 Å². The van der Waals surface area contributed by atoms with Gasteiger partial charge in [0.2, 0.25) is 0 Å². The molecule has 2 heterocycles. The minimum Gasteiger partial charge on any atom is -0.365 e. The number of rotatable bonds is 4. The molecule has 2 N–H and O–H groups in total. The second-order valence-electron chi connectivity index (χ2n) is 5.92. The lowest BCUT2D eigenvalue weighted by Crippen LogP contribution is -2.32. The molecule has 1 aromatic heterocycles. The third-order valence-corrected chi connectivity index (χ3v) is 5.61. The molecule has 1 aliphatic rings. The lowest BCUT2D eigenvalue weighted by atomic mass is 10.0. The highest BCUT2D eigenvalue weighted by Gasteiger charge is 2.18. The van der Waals surface area contributed by atoms with Crippen molar-refractivity contribution in [2.75, 3.05) is 13.1 Å². The van der Waals surface area contributed by atoms with Crippen LogP contribution in [-0.4, -0.2) is 23.9 Å². The van der Waals surface area contributed by atoms with E-state index in [9.17, 15) is 4.79 Å². The number of hydrogen-bond acceptors (Lipinski definition) is 3. The van der Waals surface area contributed by atoms with Crippen molar-refractivity contribution in [2.45, 2.75) is 32.2 Å². The SMILES string of the molecule is C[C@H](c1ccc(-c2ccc(C(N)=O)s2)cc1)N1CCCCC1. The van der Waals surface area contributed by atoms with E-state index in [0.717, 1.165) is 10.4 Å².